The first-order chi connectivity index (χ1) is 15.0. The first-order valence-corrected chi connectivity index (χ1v) is 12.0. The Bertz CT molecular complexity index is 1070. The maximum absolute atomic E-state index is 12.7. The quantitative estimate of drug-likeness (QED) is 0.539. The highest BCUT2D eigenvalue weighted by molar-refractivity contribution is 7.88. The van der Waals surface area contributed by atoms with Crippen LogP contribution < -0.4 is 4.74 Å². The van der Waals surface area contributed by atoms with E-state index in [9.17, 15) is 8.42 Å². The second-order valence-corrected chi connectivity index (χ2v) is 9.77. The van der Waals surface area contributed by atoms with Crippen molar-refractivity contribution in [2.75, 3.05) is 26.2 Å². The molecule has 1 aromatic heterocycles. The first-order valence-electron chi connectivity index (χ1n) is 10.4. The number of hydrogen-bond donors (Lipinski definition) is 0. The zero-order chi connectivity index (χ0) is 21.7. The molecule has 1 fully saturated rings. The number of imidazole rings is 1. The SMILES string of the molecule is Cn1ccnc1COc1ccc(CN2CCN(S(=O)(=O)Cc3ccccc3)CC2)cc1. The van der Waals surface area contributed by atoms with Crippen LogP contribution in [-0.2, 0) is 36.0 Å². The van der Waals surface area contributed by atoms with Crippen molar-refractivity contribution in [3.63, 3.8) is 0 Å². The number of benzene rings is 2. The molecule has 0 amide bonds. The molecule has 1 aliphatic heterocycles. The zero-order valence-corrected chi connectivity index (χ0v) is 18.5. The molecule has 0 aliphatic carbocycles. The van der Waals surface area contributed by atoms with Gasteiger partial charge in [0, 0.05) is 52.2 Å². The van der Waals surface area contributed by atoms with Gasteiger partial charge in [0.05, 0.1) is 5.75 Å². The van der Waals surface area contributed by atoms with Crippen molar-refractivity contribution in [1.82, 2.24) is 18.8 Å². The molecule has 4 rings (SSSR count). The third kappa shape index (κ3) is 5.72. The third-order valence-corrected chi connectivity index (χ3v) is 7.39. The lowest BCUT2D eigenvalue weighted by Gasteiger charge is -2.34. The number of aromatic nitrogens is 2. The van der Waals surface area contributed by atoms with E-state index in [1.807, 2.05) is 60.3 Å². The highest BCUT2D eigenvalue weighted by atomic mass is 32.2. The minimum atomic E-state index is -3.28. The number of rotatable bonds is 8. The lowest BCUT2D eigenvalue weighted by Crippen LogP contribution is -2.48. The number of sulfonamides is 1. The van der Waals surface area contributed by atoms with Gasteiger partial charge < -0.3 is 9.30 Å². The standard InChI is InChI=1S/C23H28N4O3S/c1-25-12-11-24-23(25)18-30-22-9-7-20(8-10-22)17-26-13-15-27(16-14-26)31(28,29)19-21-5-3-2-4-6-21/h2-12H,13-19H2,1H3. The molecule has 31 heavy (non-hydrogen) atoms. The summed E-state index contributed by atoms with van der Waals surface area (Å²) >= 11 is 0. The van der Waals surface area contributed by atoms with Crippen molar-refractivity contribution in [1.29, 1.82) is 0 Å². The van der Waals surface area contributed by atoms with Crippen LogP contribution in [0.15, 0.2) is 67.0 Å². The minimum Gasteiger partial charge on any atom is -0.486 e. The molecule has 1 aliphatic rings. The van der Waals surface area contributed by atoms with Crippen LogP contribution >= 0.6 is 0 Å². The molecule has 0 unspecified atom stereocenters. The van der Waals surface area contributed by atoms with E-state index >= 15 is 0 Å². The predicted octanol–water partition coefficient (Wildman–Crippen LogP) is 2.65. The lowest BCUT2D eigenvalue weighted by molar-refractivity contribution is 0.181. The Kier molecular flexibility index (Phi) is 6.70. The smallest absolute Gasteiger partial charge is 0.218 e. The maximum Gasteiger partial charge on any atom is 0.218 e. The Morgan fingerprint density at radius 2 is 1.65 bits per heavy atom. The molecule has 0 atom stereocenters. The van der Waals surface area contributed by atoms with Crippen LogP contribution in [0, 0.1) is 0 Å². The van der Waals surface area contributed by atoms with Gasteiger partial charge in [-0.3, -0.25) is 4.90 Å². The number of nitrogens with zero attached hydrogens (tertiary/aromatic N) is 4. The fourth-order valence-electron chi connectivity index (χ4n) is 3.67. The van der Waals surface area contributed by atoms with Crippen molar-refractivity contribution < 1.29 is 13.2 Å². The summed E-state index contributed by atoms with van der Waals surface area (Å²) in [6, 6.07) is 17.4. The number of ether oxygens (including phenoxy) is 1. The number of aryl methyl sites for hydroxylation is 1. The van der Waals surface area contributed by atoms with Gasteiger partial charge in [-0.05, 0) is 23.3 Å². The van der Waals surface area contributed by atoms with Crippen molar-refractivity contribution in [3.8, 4) is 5.75 Å². The van der Waals surface area contributed by atoms with E-state index in [4.69, 9.17) is 4.74 Å². The summed E-state index contributed by atoms with van der Waals surface area (Å²) in [5.41, 5.74) is 2.01. The average Bonchev–Trinajstić information content (AvgIpc) is 3.19. The molecule has 3 aromatic rings. The maximum atomic E-state index is 12.7. The Hall–Kier alpha value is -2.68. The summed E-state index contributed by atoms with van der Waals surface area (Å²) in [7, 11) is -1.34. The Morgan fingerprint density at radius 1 is 0.935 bits per heavy atom. The average molecular weight is 441 g/mol. The zero-order valence-electron chi connectivity index (χ0n) is 17.7. The van der Waals surface area contributed by atoms with Crippen LogP contribution in [0.3, 0.4) is 0 Å². The third-order valence-electron chi connectivity index (χ3n) is 5.53. The van der Waals surface area contributed by atoms with Gasteiger partial charge in [-0.15, -0.1) is 0 Å². The molecule has 0 radical (unpaired) electrons. The van der Waals surface area contributed by atoms with Crippen LogP contribution in [0.25, 0.3) is 0 Å². The molecular formula is C23H28N4O3S. The minimum absolute atomic E-state index is 0.0631. The summed E-state index contributed by atoms with van der Waals surface area (Å²) in [4.78, 5) is 6.55. The van der Waals surface area contributed by atoms with Crippen molar-refractivity contribution in [2.45, 2.75) is 18.9 Å². The molecule has 2 heterocycles. The van der Waals surface area contributed by atoms with E-state index in [1.54, 1.807) is 10.5 Å². The highest BCUT2D eigenvalue weighted by Crippen LogP contribution is 2.18. The summed E-state index contributed by atoms with van der Waals surface area (Å²) in [6.07, 6.45) is 3.66. The second kappa shape index (κ2) is 9.64. The summed E-state index contributed by atoms with van der Waals surface area (Å²) in [5, 5.41) is 0. The fourth-order valence-corrected chi connectivity index (χ4v) is 5.19. The van der Waals surface area contributed by atoms with Crippen molar-refractivity contribution in [2.24, 2.45) is 7.05 Å². The van der Waals surface area contributed by atoms with Gasteiger partial charge in [-0.1, -0.05) is 42.5 Å². The molecule has 164 valence electrons. The Labute approximate surface area is 183 Å². The highest BCUT2D eigenvalue weighted by Gasteiger charge is 2.27. The normalized spacial score (nSPS) is 15.8. The molecule has 0 N–H and O–H groups in total. The molecule has 0 saturated carbocycles. The predicted molar refractivity (Wildman–Crippen MR) is 120 cm³/mol. The van der Waals surface area contributed by atoms with Crippen LogP contribution in [-0.4, -0.2) is 53.4 Å². The van der Waals surface area contributed by atoms with E-state index in [0.717, 1.165) is 36.8 Å². The van der Waals surface area contributed by atoms with Crippen molar-refractivity contribution >= 4 is 10.0 Å². The molecule has 7 nitrogen and oxygen atoms in total. The molecule has 0 bridgehead atoms. The Balaban J connectivity index is 1.25. The molecule has 2 aromatic carbocycles. The van der Waals surface area contributed by atoms with E-state index in [0.29, 0.717) is 19.7 Å². The van der Waals surface area contributed by atoms with E-state index in [-0.39, 0.29) is 5.75 Å². The van der Waals surface area contributed by atoms with Gasteiger partial charge in [0.15, 0.2) is 0 Å². The van der Waals surface area contributed by atoms with Gasteiger partial charge in [-0.2, -0.15) is 4.31 Å². The summed E-state index contributed by atoms with van der Waals surface area (Å²) in [5.74, 6) is 1.75. The first kappa shape index (κ1) is 21.5. The van der Waals surface area contributed by atoms with Gasteiger partial charge in [0.1, 0.15) is 18.2 Å². The van der Waals surface area contributed by atoms with Gasteiger partial charge in [0.25, 0.3) is 0 Å². The fraction of sp³-hybridized carbons (Fsp3) is 0.348. The van der Waals surface area contributed by atoms with E-state index in [1.165, 1.54) is 5.56 Å². The molecule has 8 heteroatoms. The van der Waals surface area contributed by atoms with E-state index in [2.05, 4.69) is 22.0 Å². The Morgan fingerprint density at radius 3 is 2.29 bits per heavy atom. The van der Waals surface area contributed by atoms with Gasteiger partial charge in [0.2, 0.25) is 10.0 Å². The topological polar surface area (TPSA) is 67.7 Å². The van der Waals surface area contributed by atoms with Crippen molar-refractivity contribution in [3.05, 3.63) is 83.9 Å². The largest absolute Gasteiger partial charge is 0.486 e. The van der Waals surface area contributed by atoms with E-state index < -0.39 is 10.0 Å². The van der Waals surface area contributed by atoms with Crippen LogP contribution in [0.5, 0.6) is 5.75 Å². The van der Waals surface area contributed by atoms with Gasteiger partial charge in [-0.25, -0.2) is 13.4 Å². The van der Waals surface area contributed by atoms with Crippen LogP contribution in [0.1, 0.15) is 17.0 Å². The van der Waals surface area contributed by atoms with Crippen LogP contribution in [0.4, 0.5) is 0 Å². The molecule has 1 saturated heterocycles. The lowest BCUT2D eigenvalue weighted by atomic mass is 10.2. The van der Waals surface area contributed by atoms with Gasteiger partial charge >= 0.3 is 0 Å². The number of piperazine rings is 1. The second-order valence-electron chi connectivity index (χ2n) is 7.80. The molecular weight excluding hydrogens is 412 g/mol. The molecule has 0 spiro atoms. The number of hydrogen-bond acceptors (Lipinski definition) is 5. The monoisotopic (exact) mass is 440 g/mol. The summed E-state index contributed by atoms with van der Waals surface area (Å²) in [6.45, 7) is 3.74. The summed E-state index contributed by atoms with van der Waals surface area (Å²) < 4.78 is 34.8. The van der Waals surface area contributed by atoms with Crippen LogP contribution in [0.2, 0.25) is 0 Å².